The molecule has 0 spiro atoms. The van der Waals surface area contributed by atoms with Gasteiger partial charge in [-0.15, -0.1) is 11.3 Å². The van der Waals surface area contributed by atoms with Gasteiger partial charge in [-0.3, -0.25) is 0 Å². The second-order valence-electron chi connectivity index (χ2n) is 4.58. The fraction of sp³-hybridized carbons (Fsp3) is 0.400. The second-order valence-corrected chi connectivity index (χ2v) is 5.97. The molecule has 0 amide bonds. The molecule has 1 aromatic heterocycles. The molecule has 0 radical (unpaired) electrons. The van der Waals surface area contributed by atoms with E-state index in [1.807, 2.05) is 17.5 Å². The fourth-order valence-corrected chi connectivity index (χ4v) is 2.62. The van der Waals surface area contributed by atoms with Crippen molar-refractivity contribution in [1.82, 2.24) is 10.3 Å². The topological polar surface area (TPSA) is 34.1 Å². The monoisotopic (exact) mass is 310 g/mol. The third-order valence-corrected chi connectivity index (χ3v) is 4.04. The Hall–Kier alpha value is -1.10. The Morgan fingerprint density at radius 1 is 1.45 bits per heavy atom. The number of benzene rings is 1. The van der Waals surface area contributed by atoms with Gasteiger partial charge in [0.25, 0.3) is 0 Å². The van der Waals surface area contributed by atoms with Crippen LogP contribution in [0.4, 0.5) is 0 Å². The Morgan fingerprint density at radius 2 is 2.30 bits per heavy atom. The largest absolute Gasteiger partial charge is 0.485 e. The molecule has 0 bridgehead atoms. The summed E-state index contributed by atoms with van der Waals surface area (Å²) in [4.78, 5) is 4.18. The molecule has 1 N–H and O–H groups in total. The summed E-state index contributed by atoms with van der Waals surface area (Å²) in [6, 6.07) is 6.23. The van der Waals surface area contributed by atoms with E-state index in [2.05, 4.69) is 30.2 Å². The highest BCUT2D eigenvalue weighted by Crippen LogP contribution is 2.28. The van der Waals surface area contributed by atoms with Crippen molar-refractivity contribution < 1.29 is 4.74 Å². The third kappa shape index (κ3) is 4.20. The molecule has 3 nitrogen and oxygen atoms in total. The minimum absolute atomic E-state index is 0.292. The quantitative estimate of drug-likeness (QED) is 0.821. The zero-order valence-electron chi connectivity index (χ0n) is 11.7. The van der Waals surface area contributed by atoms with Crippen LogP contribution < -0.4 is 10.1 Å². The van der Waals surface area contributed by atoms with Gasteiger partial charge in [0.2, 0.25) is 0 Å². The molecule has 0 saturated heterocycles. The highest BCUT2D eigenvalue weighted by atomic mass is 35.5. The number of aromatic nitrogens is 1. The highest BCUT2D eigenvalue weighted by Gasteiger charge is 2.09. The van der Waals surface area contributed by atoms with E-state index in [9.17, 15) is 0 Å². The van der Waals surface area contributed by atoms with E-state index in [-0.39, 0.29) is 0 Å². The van der Waals surface area contributed by atoms with Crippen LogP contribution in [-0.4, -0.2) is 11.5 Å². The Balaban J connectivity index is 1.98. The Morgan fingerprint density at radius 3 is 2.95 bits per heavy atom. The van der Waals surface area contributed by atoms with Crippen LogP contribution in [0.3, 0.4) is 0 Å². The first-order chi connectivity index (χ1) is 9.70. The van der Waals surface area contributed by atoms with E-state index in [1.54, 1.807) is 17.5 Å². The van der Waals surface area contributed by atoms with Gasteiger partial charge in [0.1, 0.15) is 17.4 Å². The zero-order chi connectivity index (χ0) is 14.4. The molecule has 108 valence electrons. The molecule has 2 rings (SSSR count). The average molecular weight is 311 g/mol. The van der Waals surface area contributed by atoms with Gasteiger partial charge in [-0.1, -0.05) is 24.6 Å². The van der Waals surface area contributed by atoms with Crippen molar-refractivity contribution in [2.75, 3.05) is 6.54 Å². The number of rotatable bonds is 7. The molecule has 20 heavy (non-hydrogen) atoms. The maximum Gasteiger partial charge on any atom is 0.140 e. The van der Waals surface area contributed by atoms with Gasteiger partial charge < -0.3 is 10.1 Å². The maximum atomic E-state index is 6.28. The van der Waals surface area contributed by atoms with Gasteiger partial charge in [0.05, 0.1) is 5.02 Å². The van der Waals surface area contributed by atoms with E-state index in [1.165, 1.54) is 5.56 Å². The van der Waals surface area contributed by atoms with Gasteiger partial charge >= 0.3 is 0 Å². The number of ether oxygens (including phenoxy) is 1. The minimum Gasteiger partial charge on any atom is -0.485 e. The van der Waals surface area contributed by atoms with Gasteiger partial charge in [0.15, 0.2) is 0 Å². The first-order valence-electron chi connectivity index (χ1n) is 6.74. The average Bonchev–Trinajstić information content (AvgIpc) is 2.96. The predicted molar refractivity (Wildman–Crippen MR) is 84.6 cm³/mol. The standard InChI is InChI=1S/C15H19ClN2OS/c1-3-6-17-11(2)12-4-5-14(13(16)9-12)19-10-15-18-7-8-20-15/h4-5,7-9,11,17H,3,6,10H2,1-2H3. The summed E-state index contributed by atoms with van der Waals surface area (Å²) in [6.45, 7) is 5.75. The first kappa shape index (κ1) is 15.3. The fourth-order valence-electron chi connectivity index (χ4n) is 1.85. The van der Waals surface area contributed by atoms with Crippen LogP contribution in [-0.2, 0) is 6.61 Å². The third-order valence-electron chi connectivity index (χ3n) is 2.99. The molecular formula is C15H19ClN2OS. The summed E-state index contributed by atoms with van der Waals surface area (Å²) in [5.41, 5.74) is 1.17. The summed E-state index contributed by atoms with van der Waals surface area (Å²) in [5, 5.41) is 6.97. The number of hydrogen-bond donors (Lipinski definition) is 1. The number of nitrogens with zero attached hydrogens (tertiary/aromatic N) is 1. The molecule has 1 heterocycles. The number of halogens is 1. The van der Waals surface area contributed by atoms with Crippen LogP contribution in [0.2, 0.25) is 5.02 Å². The van der Waals surface area contributed by atoms with Gasteiger partial charge in [-0.05, 0) is 37.6 Å². The molecule has 1 atom stereocenters. The van der Waals surface area contributed by atoms with E-state index in [0.717, 1.165) is 18.0 Å². The molecule has 5 heteroatoms. The number of nitrogens with one attached hydrogen (secondary N) is 1. The van der Waals surface area contributed by atoms with Crippen molar-refractivity contribution in [3.63, 3.8) is 0 Å². The van der Waals surface area contributed by atoms with E-state index < -0.39 is 0 Å². The Bertz CT molecular complexity index is 531. The molecule has 0 saturated carbocycles. The molecule has 1 aromatic carbocycles. The normalized spacial score (nSPS) is 12.3. The van der Waals surface area contributed by atoms with Crippen molar-refractivity contribution in [1.29, 1.82) is 0 Å². The molecule has 1 unspecified atom stereocenters. The lowest BCUT2D eigenvalue weighted by Gasteiger charge is -2.15. The van der Waals surface area contributed by atoms with Gasteiger partial charge in [-0.2, -0.15) is 0 Å². The lowest BCUT2D eigenvalue weighted by molar-refractivity contribution is 0.305. The van der Waals surface area contributed by atoms with E-state index in [0.29, 0.717) is 23.4 Å². The van der Waals surface area contributed by atoms with Crippen LogP contribution in [0.15, 0.2) is 29.8 Å². The van der Waals surface area contributed by atoms with Crippen molar-refractivity contribution in [2.24, 2.45) is 0 Å². The highest BCUT2D eigenvalue weighted by molar-refractivity contribution is 7.09. The smallest absolute Gasteiger partial charge is 0.140 e. The summed E-state index contributed by atoms with van der Waals surface area (Å²) >= 11 is 7.85. The van der Waals surface area contributed by atoms with Gasteiger partial charge in [0, 0.05) is 17.6 Å². The minimum atomic E-state index is 0.292. The van der Waals surface area contributed by atoms with Crippen molar-refractivity contribution >= 4 is 22.9 Å². The second kappa shape index (κ2) is 7.62. The van der Waals surface area contributed by atoms with Crippen LogP contribution >= 0.6 is 22.9 Å². The number of thiazole rings is 1. The van der Waals surface area contributed by atoms with E-state index >= 15 is 0 Å². The van der Waals surface area contributed by atoms with Crippen molar-refractivity contribution in [3.05, 3.63) is 45.4 Å². The first-order valence-corrected chi connectivity index (χ1v) is 8.00. The molecular weight excluding hydrogens is 292 g/mol. The van der Waals surface area contributed by atoms with E-state index in [4.69, 9.17) is 16.3 Å². The van der Waals surface area contributed by atoms with Crippen LogP contribution in [0.5, 0.6) is 5.75 Å². The van der Waals surface area contributed by atoms with Crippen LogP contribution in [0.1, 0.15) is 36.9 Å². The van der Waals surface area contributed by atoms with Crippen LogP contribution in [0, 0.1) is 0 Å². The van der Waals surface area contributed by atoms with Crippen molar-refractivity contribution in [2.45, 2.75) is 32.9 Å². The van der Waals surface area contributed by atoms with Crippen LogP contribution in [0.25, 0.3) is 0 Å². The molecule has 2 aromatic rings. The lowest BCUT2D eigenvalue weighted by atomic mass is 10.1. The Kier molecular flexibility index (Phi) is 5.83. The zero-order valence-corrected chi connectivity index (χ0v) is 13.3. The number of hydrogen-bond acceptors (Lipinski definition) is 4. The summed E-state index contributed by atoms with van der Waals surface area (Å²) in [6.07, 6.45) is 2.89. The summed E-state index contributed by atoms with van der Waals surface area (Å²) in [7, 11) is 0. The molecule has 0 fully saturated rings. The molecule has 0 aliphatic heterocycles. The summed E-state index contributed by atoms with van der Waals surface area (Å²) < 4.78 is 5.69. The predicted octanol–water partition coefficient (Wildman–Crippen LogP) is 4.44. The van der Waals surface area contributed by atoms with Crippen molar-refractivity contribution in [3.8, 4) is 5.75 Å². The maximum absolute atomic E-state index is 6.28. The van der Waals surface area contributed by atoms with Gasteiger partial charge in [-0.25, -0.2) is 4.98 Å². The Labute approximate surface area is 129 Å². The SMILES string of the molecule is CCCNC(C)c1ccc(OCc2nccs2)c(Cl)c1. The summed E-state index contributed by atoms with van der Waals surface area (Å²) in [5.74, 6) is 0.702. The lowest BCUT2D eigenvalue weighted by Crippen LogP contribution is -2.19. The molecule has 0 aliphatic rings. The molecule has 0 aliphatic carbocycles.